The van der Waals surface area contributed by atoms with Crippen molar-refractivity contribution in [1.82, 2.24) is 15.0 Å². The molecule has 0 N–H and O–H groups in total. The van der Waals surface area contributed by atoms with E-state index < -0.39 is 17.8 Å². The van der Waals surface area contributed by atoms with Gasteiger partial charge >= 0.3 is 5.97 Å². The molecule has 0 bridgehead atoms. The minimum Gasteiger partial charge on any atom is -0.462 e. The van der Waals surface area contributed by atoms with Gasteiger partial charge in [-0.1, -0.05) is 6.92 Å². The first-order valence-corrected chi connectivity index (χ1v) is 7.24. The molecule has 2 amide bonds. The number of hydrogen-bond acceptors (Lipinski definition) is 7. The van der Waals surface area contributed by atoms with E-state index in [9.17, 15) is 14.4 Å². The summed E-state index contributed by atoms with van der Waals surface area (Å²) in [6, 6.07) is 0. The van der Waals surface area contributed by atoms with Gasteiger partial charge in [0.15, 0.2) is 5.82 Å². The molecule has 0 radical (unpaired) electrons. The highest BCUT2D eigenvalue weighted by molar-refractivity contribution is 6.16. The Bertz CT molecular complexity index is 699. The first kappa shape index (κ1) is 16.6. The molecule has 1 aliphatic heterocycles. The molecule has 1 aromatic heterocycles. The Balaban J connectivity index is 2.46. The van der Waals surface area contributed by atoms with Gasteiger partial charge in [0, 0.05) is 31.3 Å². The lowest BCUT2D eigenvalue weighted by Crippen LogP contribution is -2.46. The van der Waals surface area contributed by atoms with E-state index in [2.05, 4.69) is 9.97 Å². The van der Waals surface area contributed by atoms with Crippen molar-refractivity contribution in [2.75, 3.05) is 18.7 Å². The Hall–Kier alpha value is -2.77. The van der Waals surface area contributed by atoms with Crippen LogP contribution in [-0.2, 0) is 20.7 Å². The predicted octanol–water partition coefficient (Wildman–Crippen LogP) is 0.882. The molecular formula is C15H18N4O4. The van der Waals surface area contributed by atoms with Gasteiger partial charge in [-0.2, -0.15) is 5.01 Å². The van der Waals surface area contributed by atoms with Gasteiger partial charge in [-0.15, -0.1) is 0 Å². The van der Waals surface area contributed by atoms with E-state index >= 15 is 0 Å². The summed E-state index contributed by atoms with van der Waals surface area (Å²) in [5.41, 5.74) is 0.418. The van der Waals surface area contributed by atoms with Gasteiger partial charge in [0.2, 0.25) is 0 Å². The average Bonchev–Trinajstić information content (AvgIpc) is 2.79. The van der Waals surface area contributed by atoms with Crippen molar-refractivity contribution in [3.05, 3.63) is 29.2 Å². The number of esters is 1. The minimum absolute atomic E-state index is 0.0942. The summed E-state index contributed by atoms with van der Waals surface area (Å²) in [6.07, 6.45) is 3.13. The van der Waals surface area contributed by atoms with Gasteiger partial charge in [0.05, 0.1) is 6.61 Å². The second-order valence-corrected chi connectivity index (χ2v) is 4.90. The number of carbonyl (C=O) groups is 3. The summed E-state index contributed by atoms with van der Waals surface area (Å²) in [6.45, 7) is 5.29. The standard InChI is InChI=1S/C15H18N4O4/c1-5-11-16-8-10(15(22)23-6-2)13(17-11)18(4)19-12(20)7-9(3)14(19)21/h7-8H,5-6H2,1-4H3. The number of hydrogen-bond donors (Lipinski definition) is 0. The summed E-state index contributed by atoms with van der Waals surface area (Å²) in [7, 11) is 1.49. The van der Waals surface area contributed by atoms with Crippen molar-refractivity contribution in [1.29, 1.82) is 0 Å². The van der Waals surface area contributed by atoms with Crippen LogP contribution in [-0.4, -0.2) is 46.4 Å². The van der Waals surface area contributed by atoms with Crippen LogP contribution >= 0.6 is 0 Å². The van der Waals surface area contributed by atoms with E-state index in [0.717, 1.165) is 5.01 Å². The number of aromatic nitrogens is 2. The number of anilines is 1. The predicted molar refractivity (Wildman–Crippen MR) is 81.4 cm³/mol. The number of ether oxygens (including phenoxy) is 1. The Morgan fingerprint density at radius 2 is 2.04 bits per heavy atom. The summed E-state index contributed by atoms with van der Waals surface area (Å²) >= 11 is 0. The van der Waals surface area contributed by atoms with Crippen molar-refractivity contribution >= 4 is 23.6 Å². The van der Waals surface area contributed by atoms with Crippen molar-refractivity contribution in [3.63, 3.8) is 0 Å². The van der Waals surface area contributed by atoms with E-state index in [1.165, 1.54) is 24.3 Å². The Labute approximate surface area is 133 Å². The molecule has 0 fully saturated rings. The fraction of sp³-hybridized carbons (Fsp3) is 0.400. The van der Waals surface area contributed by atoms with Crippen molar-refractivity contribution < 1.29 is 19.1 Å². The summed E-state index contributed by atoms with van der Waals surface area (Å²) in [5, 5.41) is 2.19. The molecule has 0 saturated carbocycles. The van der Waals surface area contributed by atoms with Gasteiger partial charge in [0.1, 0.15) is 11.4 Å². The lowest BCUT2D eigenvalue weighted by atomic mass is 10.3. The molecule has 0 spiro atoms. The third kappa shape index (κ3) is 3.05. The number of imide groups is 1. The van der Waals surface area contributed by atoms with Crippen LogP contribution in [0.15, 0.2) is 17.8 Å². The summed E-state index contributed by atoms with van der Waals surface area (Å²) < 4.78 is 4.98. The van der Waals surface area contributed by atoms with Crippen LogP contribution in [0.2, 0.25) is 0 Å². The summed E-state index contributed by atoms with van der Waals surface area (Å²) in [4.78, 5) is 44.6. The zero-order chi connectivity index (χ0) is 17.1. The highest BCUT2D eigenvalue weighted by atomic mass is 16.5. The minimum atomic E-state index is -0.610. The van der Waals surface area contributed by atoms with E-state index in [4.69, 9.17) is 4.74 Å². The monoisotopic (exact) mass is 318 g/mol. The smallest absolute Gasteiger partial charge is 0.343 e. The van der Waals surface area contributed by atoms with Crippen molar-refractivity contribution in [2.24, 2.45) is 0 Å². The number of nitrogens with zero attached hydrogens (tertiary/aromatic N) is 4. The van der Waals surface area contributed by atoms with Gasteiger partial charge in [-0.25, -0.2) is 14.8 Å². The highest BCUT2D eigenvalue weighted by Gasteiger charge is 2.34. The maximum atomic E-state index is 12.1. The number of amides is 2. The molecule has 2 rings (SSSR count). The van der Waals surface area contributed by atoms with E-state index in [-0.39, 0.29) is 18.0 Å². The Kier molecular flexibility index (Phi) is 4.73. The molecule has 23 heavy (non-hydrogen) atoms. The van der Waals surface area contributed by atoms with Crippen LogP contribution < -0.4 is 5.01 Å². The number of hydrazine groups is 1. The van der Waals surface area contributed by atoms with Crippen molar-refractivity contribution in [2.45, 2.75) is 27.2 Å². The van der Waals surface area contributed by atoms with Crippen LogP contribution in [0.1, 0.15) is 37.0 Å². The third-order valence-electron chi connectivity index (χ3n) is 3.32. The average molecular weight is 318 g/mol. The second-order valence-electron chi connectivity index (χ2n) is 4.90. The van der Waals surface area contributed by atoms with Gasteiger partial charge in [0.25, 0.3) is 11.8 Å². The summed E-state index contributed by atoms with van der Waals surface area (Å²) in [5.74, 6) is -0.907. The Morgan fingerprint density at radius 1 is 1.35 bits per heavy atom. The third-order valence-corrected chi connectivity index (χ3v) is 3.32. The molecule has 0 aromatic carbocycles. The fourth-order valence-corrected chi connectivity index (χ4v) is 2.13. The molecular weight excluding hydrogens is 300 g/mol. The zero-order valence-corrected chi connectivity index (χ0v) is 13.5. The van der Waals surface area contributed by atoms with Gasteiger partial charge < -0.3 is 4.74 Å². The SMILES string of the molecule is CCOC(=O)c1cnc(CC)nc1N(C)N1C(=O)C=C(C)C1=O. The Morgan fingerprint density at radius 3 is 2.57 bits per heavy atom. The normalized spacial score (nSPS) is 14.1. The van der Waals surface area contributed by atoms with E-state index in [1.54, 1.807) is 13.8 Å². The molecule has 1 aliphatic rings. The number of rotatable bonds is 5. The molecule has 2 heterocycles. The largest absolute Gasteiger partial charge is 0.462 e. The quantitative estimate of drug-likeness (QED) is 0.587. The van der Waals surface area contributed by atoms with E-state index in [1.807, 2.05) is 6.92 Å². The molecule has 0 unspecified atom stereocenters. The number of carbonyl (C=O) groups excluding carboxylic acids is 3. The molecule has 122 valence electrons. The molecule has 0 aliphatic carbocycles. The maximum Gasteiger partial charge on any atom is 0.343 e. The molecule has 8 nitrogen and oxygen atoms in total. The van der Waals surface area contributed by atoms with Crippen LogP contribution in [0.4, 0.5) is 5.82 Å². The number of aryl methyl sites for hydroxylation is 1. The lowest BCUT2D eigenvalue weighted by Gasteiger charge is -2.28. The molecule has 0 saturated heterocycles. The zero-order valence-electron chi connectivity index (χ0n) is 13.5. The first-order chi connectivity index (χ1) is 10.9. The lowest BCUT2D eigenvalue weighted by molar-refractivity contribution is -0.137. The van der Waals surface area contributed by atoms with Crippen LogP contribution in [0, 0.1) is 0 Å². The van der Waals surface area contributed by atoms with Crippen LogP contribution in [0.5, 0.6) is 0 Å². The molecule has 1 aromatic rings. The highest BCUT2D eigenvalue weighted by Crippen LogP contribution is 2.23. The van der Waals surface area contributed by atoms with E-state index in [0.29, 0.717) is 17.8 Å². The second kappa shape index (κ2) is 6.55. The maximum absolute atomic E-state index is 12.1. The topological polar surface area (TPSA) is 92.7 Å². The molecule has 0 atom stereocenters. The van der Waals surface area contributed by atoms with Crippen LogP contribution in [0.25, 0.3) is 0 Å². The first-order valence-electron chi connectivity index (χ1n) is 7.24. The van der Waals surface area contributed by atoms with Gasteiger partial charge in [-0.05, 0) is 13.8 Å². The van der Waals surface area contributed by atoms with Crippen LogP contribution in [0.3, 0.4) is 0 Å². The van der Waals surface area contributed by atoms with Gasteiger partial charge in [-0.3, -0.25) is 14.6 Å². The van der Waals surface area contributed by atoms with Crippen molar-refractivity contribution in [3.8, 4) is 0 Å². The molecule has 8 heteroatoms. The fourth-order valence-electron chi connectivity index (χ4n) is 2.13.